The maximum atomic E-state index is 11.3. The summed E-state index contributed by atoms with van der Waals surface area (Å²) in [6.07, 6.45) is 0.846. The van der Waals surface area contributed by atoms with Gasteiger partial charge in [0.2, 0.25) is 0 Å². The first-order chi connectivity index (χ1) is 10.2. The van der Waals surface area contributed by atoms with Crippen LogP contribution in [0.3, 0.4) is 0 Å². The molecule has 0 aliphatic rings. The second-order valence-corrected chi connectivity index (χ2v) is 5.01. The Labute approximate surface area is 122 Å². The fourth-order valence-electron chi connectivity index (χ4n) is 2.46. The van der Waals surface area contributed by atoms with Gasteiger partial charge in [0, 0.05) is 12.1 Å². The van der Waals surface area contributed by atoms with E-state index in [1.54, 1.807) is 10.7 Å². The highest BCUT2D eigenvalue weighted by Crippen LogP contribution is 2.24. The van der Waals surface area contributed by atoms with Gasteiger partial charge in [0.05, 0.1) is 5.69 Å². The molecule has 3 rings (SSSR count). The zero-order valence-electron chi connectivity index (χ0n) is 11.8. The van der Waals surface area contributed by atoms with Crippen LogP contribution in [0.4, 0.5) is 0 Å². The summed E-state index contributed by atoms with van der Waals surface area (Å²) in [5.41, 5.74) is 1.87. The van der Waals surface area contributed by atoms with Gasteiger partial charge >= 0.3 is 5.97 Å². The molecule has 1 heterocycles. The molecule has 0 aliphatic carbocycles. The molecule has 1 aromatic heterocycles. The quantitative estimate of drug-likeness (QED) is 0.790. The van der Waals surface area contributed by atoms with Crippen molar-refractivity contribution in [2.45, 2.75) is 19.9 Å². The lowest BCUT2D eigenvalue weighted by atomic mass is 10.1. The molecule has 106 valence electrons. The van der Waals surface area contributed by atoms with Crippen molar-refractivity contribution < 1.29 is 9.90 Å². The maximum absolute atomic E-state index is 11.3. The number of carbonyl (C=O) groups is 1. The Kier molecular flexibility index (Phi) is 3.44. The molecule has 21 heavy (non-hydrogen) atoms. The molecular formula is C17H16N2O2. The summed E-state index contributed by atoms with van der Waals surface area (Å²) in [7, 11) is 0. The largest absolute Gasteiger partial charge is 0.477 e. The highest BCUT2D eigenvalue weighted by molar-refractivity contribution is 5.89. The van der Waals surface area contributed by atoms with E-state index in [4.69, 9.17) is 0 Å². The molecular weight excluding hydrogens is 264 g/mol. The molecule has 0 radical (unpaired) electrons. The van der Waals surface area contributed by atoms with Crippen LogP contribution < -0.4 is 0 Å². The van der Waals surface area contributed by atoms with Crippen molar-refractivity contribution >= 4 is 16.7 Å². The third kappa shape index (κ3) is 2.52. The van der Waals surface area contributed by atoms with Gasteiger partial charge < -0.3 is 5.11 Å². The van der Waals surface area contributed by atoms with Crippen molar-refractivity contribution in [3.63, 3.8) is 0 Å². The molecule has 2 aromatic carbocycles. The van der Waals surface area contributed by atoms with E-state index in [9.17, 15) is 9.90 Å². The van der Waals surface area contributed by atoms with Crippen LogP contribution in [0.5, 0.6) is 0 Å². The fraction of sp³-hybridized carbons (Fsp3) is 0.176. The number of carboxylic acid groups (broad SMARTS) is 1. The minimum absolute atomic E-state index is 0.236. The fourth-order valence-corrected chi connectivity index (χ4v) is 2.46. The lowest BCUT2D eigenvalue weighted by Crippen LogP contribution is -2.09. The number of hydrogen-bond acceptors (Lipinski definition) is 2. The first-order valence-corrected chi connectivity index (χ1v) is 6.99. The predicted octanol–water partition coefficient (Wildman–Crippen LogP) is 3.81. The van der Waals surface area contributed by atoms with Crippen LogP contribution in [0.15, 0.2) is 48.5 Å². The van der Waals surface area contributed by atoms with E-state index in [1.807, 2.05) is 43.3 Å². The zero-order valence-corrected chi connectivity index (χ0v) is 11.8. The van der Waals surface area contributed by atoms with Crippen molar-refractivity contribution in [3.8, 4) is 11.3 Å². The SMILES string of the molecule is CCCn1nc(-c2ccc3ccccc3c2)cc1C(=O)O. The van der Waals surface area contributed by atoms with Gasteiger partial charge in [0.25, 0.3) is 0 Å². The highest BCUT2D eigenvalue weighted by Gasteiger charge is 2.14. The third-order valence-electron chi connectivity index (χ3n) is 3.48. The van der Waals surface area contributed by atoms with E-state index in [0.717, 1.165) is 22.8 Å². The molecule has 4 heteroatoms. The number of nitrogens with zero attached hydrogens (tertiary/aromatic N) is 2. The Morgan fingerprint density at radius 1 is 1.14 bits per heavy atom. The summed E-state index contributed by atoms with van der Waals surface area (Å²) in [6.45, 7) is 2.61. The average Bonchev–Trinajstić information content (AvgIpc) is 2.91. The van der Waals surface area contributed by atoms with E-state index in [2.05, 4.69) is 11.2 Å². The Hall–Kier alpha value is -2.62. The van der Waals surface area contributed by atoms with Crippen molar-refractivity contribution in [3.05, 3.63) is 54.2 Å². The topological polar surface area (TPSA) is 55.1 Å². The lowest BCUT2D eigenvalue weighted by molar-refractivity contribution is 0.0683. The van der Waals surface area contributed by atoms with Gasteiger partial charge in [-0.3, -0.25) is 4.68 Å². The second-order valence-electron chi connectivity index (χ2n) is 5.01. The first-order valence-electron chi connectivity index (χ1n) is 6.99. The van der Waals surface area contributed by atoms with Crippen molar-refractivity contribution in [1.29, 1.82) is 0 Å². The first kappa shape index (κ1) is 13.4. The van der Waals surface area contributed by atoms with E-state index in [-0.39, 0.29) is 5.69 Å². The van der Waals surface area contributed by atoms with Crippen molar-refractivity contribution in [2.24, 2.45) is 0 Å². The summed E-state index contributed by atoms with van der Waals surface area (Å²) in [4.78, 5) is 11.3. The maximum Gasteiger partial charge on any atom is 0.354 e. The van der Waals surface area contributed by atoms with Crippen LogP contribution >= 0.6 is 0 Å². The standard InChI is InChI=1S/C17H16N2O2/c1-2-9-19-16(17(20)21)11-15(18-19)14-8-7-12-5-3-4-6-13(12)10-14/h3-8,10-11H,2,9H2,1H3,(H,20,21). The molecule has 0 aliphatic heterocycles. The Balaban J connectivity index is 2.09. The molecule has 0 unspecified atom stereocenters. The second kappa shape index (κ2) is 5.40. The van der Waals surface area contributed by atoms with Gasteiger partial charge in [-0.25, -0.2) is 4.79 Å². The average molecular weight is 280 g/mol. The number of aromatic carboxylic acids is 1. The molecule has 0 atom stereocenters. The Morgan fingerprint density at radius 3 is 2.62 bits per heavy atom. The van der Waals surface area contributed by atoms with Crippen LogP contribution in [0.1, 0.15) is 23.8 Å². The lowest BCUT2D eigenvalue weighted by Gasteiger charge is -2.02. The van der Waals surface area contributed by atoms with Gasteiger partial charge in [0.15, 0.2) is 0 Å². The Bertz CT molecular complexity index is 805. The van der Waals surface area contributed by atoms with Crippen LogP contribution in [0.2, 0.25) is 0 Å². The summed E-state index contributed by atoms with van der Waals surface area (Å²) < 4.78 is 1.56. The van der Waals surface area contributed by atoms with Crippen LogP contribution in [-0.4, -0.2) is 20.9 Å². The van der Waals surface area contributed by atoms with Crippen molar-refractivity contribution in [2.75, 3.05) is 0 Å². The number of aryl methyl sites for hydroxylation is 1. The molecule has 0 fully saturated rings. The molecule has 0 spiro atoms. The van der Waals surface area contributed by atoms with Crippen molar-refractivity contribution in [1.82, 2.24) is 9.78 Å². The zero-order chi connectivity index (χ0) is 14.8. The minimum Gasteiger partial charge on any atom is -0.477 e. The van der Waals surface area contributed by atoms with Crippen LogP contribution in [-0.2, 0) is 6.54 Å². The molecule has 0 saturated heterocycles. The molecule has 1 N–H and O–H groups in total. The number of rotatable bonds is 4. The number of carboxylic acids is 1. The van der Waals surface area contributed by atoms with E-state index in [0.29, 0.717) is 12.2 Å². The normalized spacial score (nSPS) is 10.9. The van der Waals surface area contributed by atoms with Crippen LogP contribution in [0, 0.1) is 0 Å². The van der Waals surface area contributed by atoms with Gasteiger partial charge in [-0.2, -0.15) is 5.10 Å². The smallest absolute Gasteiger partial charge is 0.354 e. The van der Waals surface area contributed by atoms with Gasteiger partial charge in [-0.1, -0.05) is 43.3 Å². The van der Waals surface area contributed by atoms with E-state index in [1.165, 1.54) is 0 Å². The summed E-state index contributed by atoms with van der Waals surface area (Å²) in [6, 6.07) is 15.8. The number of aromatic nitrogens is 2. The Morgan fingerprint density at radius 2 is 1.90 bits per heavy atom. The number of benzene rings is 2. The minimum atomic E-state index is -0.942. The number of hydrogen-bond donors (Lipinski definition) is 1. The summed E-state index contributed by atoms with van der Waals surface area (Å²) >= 11 is 0. The number of fused-ring (bicyclic) bond motifs is 1. The molecule has 0 bridgehead atoms. The van der Waals surface area contributed by atoms with Gasteiger partial charge in [-0.15, -0.1) is 0 Å². The summed E-state index contributed by atoms with van der Waals surface area (Å²) in [5, 5.41) is 16.0. The van der Waals surface area contributed by atoms with E-state index >= 15 is 0 Å². The molecule has 3 aromatic rings. The predicted molar refractivity (Wildman–Crippen MR) is 82.4 cm³/mol. The molecule has 0 saturated carbocycles. The van der Waals surface area contributed by atoms with Gasteiger partial charge in [-0.05, 0) is 29.3 Å². The molecule has 4 nitrogen and oxygen atoms in total. The molecule has 0 amide bonds. The summed E-state index contributed by atoms with van der Waals surface area (Å²) in [5.74, 6) is -0.942. The third-order valence-corrected chi connectivity index (χ3v) is 3.48. The van der Waals surface area contributed by atoms with Gasteiger partial charge in [0.1, 0.15) is 5.69 Å². The highest BCUT2D eigenvalue weighted by atomic mass is 16.4. The van der Waals surface area contributed by atoms with E-state index < -0.39 is 5.97 Å². The van der Waals surface area contributed by atoms with Crippen LogP contribution in [0.25, 0.3) is 22.0 Å². The monoisotopic (exact) mass is 280 g/mol.